The van der Waals surface area contributed by atoms with Crippen molar-refractivity contribution in [1.82, 2.24) is 4.90 Å². The Morgan fingerprint density at radius 1 is 1.04 bits per heavy atom. The standard InChI is InChI=1S/C20H21N3O4S/c1-27-19(24)15-11-13-22(14-12-15)20-21-28(25,26)18-10-6-5-9-17(18)23(20)16-7-3-2-4-8-16/h2-10,15H,11-14H2,1H3. The van der Waals surface area contributed by atoms with Gasteiger partial charge in [-0.1, -0.05) is 30.3 Å². The summed E-state index contributed by atoms with van der Waals surface area (Å²) in [5.41, 5.74) is 1.41. The fourth-order valence-corrected chi connectivity index (χ4v) is 4.86. The number of benzene rings is 2. The number of esters is 1. The van der Waals surface area contributed by atoms with Crippen LogP contribution in [0.2, 0.25) is 0 Å². The van der Waals surface area contributed by atoms with Crippen LogP contribution in [0.3, 0.4) is 0 Å². The molecule has 28 heavy (non-hydrogen) atoms. The quantitative estimate of drug-likeness (QED) is 0.723. The SMILES string of the molecule is COC(=O)C1CCN(C2=NS(=O)(=O)c3ccccc3N2c2ccccc2)CC1. The lowest BCUT2D eigenvalue weighted by Crippen LogP contribution is -2.49. The predicted molar refractivity (Wildman–Crippen MR) is 106 cm³/mol. The maximum atomic E-state index is 12.8. The zero-order valence-corrected chi connectivity index (χ0v) is 16.3. The van der Waals surface area contributed by atoms with Crippen LogP contribution < -0.4 is 4.90 Å². The van der Waals surface area contributed by atoms with Crippen LogP contribution in [0.15, 0.2) is 63.9 Å². The zero-order valence-electron chi connectivity index (χ0n) is 15.5. The van der Waals surface area contributed by atoms with E-state index in [4.69, 9.17) is 4.74 Å². The number of carbonyl (C=O) groups is 1. The molecule has 1 fully saturated rings. The Kier molecular flexibility index (Phi) is 4.80. The number of methoxy groups -OCH3 is 1. The normalized spacial score (nSPS) is 19.0. The Hall–Kier alpha value is -2.87. The van der Waals surface area contributed by atoms with E-state index >= 15 is 0 Å². The summed E-state index contributed by atoms with van der Waals surface area (Å²) in [7, 11) is -2.41. The highest BCUT2D eigenvalue weighted by Gasteiger charge is 2.36. The molecule has 0 bridgehead atoms. The number of hydrogen-bond acceptors (Lipinski definition) is 6. The number of carbonyl (C=O) groups excluding carboxylic acids is 1. The number of fused-ring (bicyclic) bond motifs is 1. The maximum Gasteiger partial charge on any atom is 0.308 e. The van der Waals surface area contributed by atoms with Gasteiger partial charge in [0.25, 0.3) is 10.0 Å². The average molecular weight is 399 g/mol. The van der Waals surface area contributed by atoms with E-state index in [9.17, 15) is 13.2 Å². The van der Waals surface area contributed by atoms with Crippen molar-refractivity contribution in [1.29, 1.82) is 0 Å². The van der Waals surface area contributed by atoms with Gasteiger partial charge in [-0.2, -0.15) is 8.42 Å². The highest BCUT2D eigenvalue weighted by Crippen LogP contribution is 2.37. The van der Waals surface area contributed by atoms with E-state index in [1.165, 1.54) is 7.11 Å². The van der Waals surface area contributed by atoms with E-state index < -0.39 is 10.0 Å². The van der Waals surface area contributed by atoms with Crippen molar-refractivity contribution in [2.24, 2.45) is 10.3 Å². The molecule has 0 spiro atoms. The summed E-state index contributed by atoms with van der Waals surface area (Å²) in [6.07, 6.45) is 1.19. The molecule has 4 rings (SSSR count). The Morgan fingerprint density at radius 2 is 1.68 bits per heavy atom. The van der Waals surface area contributed by atoms with Crippen LogP contribution in [0, 0.1) is 5.92 Å². The van der Waals surface area contributed by atoms with Gasteiger partial charge >= 0.3 is 5.97 Å². The average Bonchev–Trinajstić information content (AvgIpc) is 2.73. The third-order valence-corrected chi connectivity index (χ3v) is 6.42. The highest BCUT2D eigenvalue weighted by molar-refractivity contribution is 7.90. The van der Waals surface area contributed by atoms with Crippen LogP contribution >= 0.6 is 0 Å². The second kappa shape index (κ2) is 7.27. The minimum atomic E-state index is -3.80. The highest BCUT2D eigenvalue weighted by atomic mass is 32.2. The molecule has 0 amide bonds. The van der Waals surface area contributed by atoms with E-state index in [0.29, 0.717) is 37.6 Å². The van der Waals surface area contributed by atoms with Gasteiger partial charge in [0.15, 0.2) is 0 Å². The van der Waals surface area contributed by atoms with Crippen molar-refractivity contribution in [3.8, 4) is 0 Å². The molecule has 0 saturated carbocycles. The van der Waals surface area contributed by atoms with Crippen molar-refractivity contribution >= 4 is 33.3 Å². The summed E-state index contributed by atoms with van der Waals surface area (Å²) >= 11 is 0. The lowest BCUT2D eigenvalue weighted by atomic mass is 9.97. The van der Waals surface area contributed by atoms with Gasteiger partial charge in [-0.3, -0.25) is 9.69 Å². The second-order valence-electron chi connectivity index (χ2n) is 6.79. The summed E-state index contributed by atoms with van der Waals surface area (Å²) < 4.78 is 34.6. The molecule has 0 N–H and O–H groups in total. The van der Waals surface area contributed by atoms with Gasteiger partial charge in [0.2, 0.25) is 5.96 Å². The number of guanidine groups is 1. The summed E-state index contributed by atoms with van der Waals surface area (Å²) in [5.74, 6) is -0.0177. The third kappa shape index (κ3) is 3.24. The molecule has 0 aliphatic carbocycles. The molecule has 7 nitrogen and oxygen atoms in total. The van der Waals surface area contributed by atoms with E-state index in [0.717, 1.165) is 5.69 Å². The van der Waals surface area contributed by atoms with Crippen LogP contribution in [0.4, 0.5) is 11.4 Å². The van der Waals surface area contributed by atoms with Crippen LogP contribution in [0.25, 0.3) is 0 Å². The number of anilines is 2. The van der Waals surface area contributed by atoms with Crippen molar-refractivity contribution < 1.29 is 17.9 Å². The first-order valence-electron chi connectivity index (χ1n) is 9.13. The van der Waals surface area contributed by atoms with Crippen molar-refractivity contribution in [3.05, 3.63) is 54.6 Å². The first-order valence-corrected chi connectivity index (χ1v) is 10.6. The fourth-order valence-electron chi connectivity index (χ4n) is 3.68. The first kappa shape index (κ1) is 18.5. The summed E-state index contributed by atoms with van der Waals surface area (Å²) in [6, 6.07) is 16.4. The van der Waals surface area contributed by atoms with E-state index in [1.54, 1.807) is 18.2 Å². The fraction of sp³-hybridized carbons (Fsp3) is 0.300. The van der Waals surface area contributed by atoms with Gasteiger partial charge in [-0.25, -0.2) is 0 Å². The monoisotopic (exact) mass is 399 g/mol. The van der Waals surface area contributed by atoms with Gasteiger partial charge in [-0.05, 0) is 37.1 Å². The summed E-state index contributed by atoms with van der Waals surface area (Å²) in [4.78, 5) is 15.8. The number of nitrogens with zero attached hydrogens (tertiary/aromatic N) is 3. The minimum Gasteiger partial charge on any atom is -0.469 e. The predicted octanol–water partition coefficient (Wildman–Crippen LogP) is 2.77. The van der Waals surface area contributed by atoms with Crippen LogP contribution in [0.1, 0.15) is 12.8 Å². The Bertz CT molecular complexity index is 1010. The number of hydrogen-bond donors (Lipinski definition) is 0. The van der Waals surface area contributed by atoms with E-state index in [1.807, 2.05) is 46.2 Å². The Labute approximate surface area is 164 Å². The Balaban J connectivity index is 1.75. The molecule has 146 valence electrons. The van der Waals surface area contributed by atoms with Gasteiger partial charge in [0, 0.05) is 18.8 Å². The molecule has 1 saturated heterocycles. The molecule has 2 heterocycles. The smallest absolute Gasteiger partial charge is 0.308 e. The Morgan fingerprint density at radius 3 is 2.36 bits per heavy atom. The minimum absolute atomic E-state index is 0.167. The number of para-hydroxylation sites is 2. The molecule has 0 radical (unpaired) electrons. The number of sulfonamides is 1. The van der Waals surface area contributed by atoms with Gasteiger partial charge in [0.1, 0.15) is 4.90 Å². The number of ether oxygens (including phenoxy) is 1. The molecule has 8 heteroatoms. The number of rotatable bonds is 2. The summed E-state index contributed by atoms with van der Waals surface area (Å²) in [6.45, 7) is 1.05. The molecule has 2 aromatic rings. The zero-order chi connectivity index (χ0) is 19.7. The largest absolute Gasteiger partial charge is 0.469 e. The topological polar surface area (TPSA) is 79.3 Å². The second-order valence-corrected chi connectivity index (χ2v) is 8.36. The molecule has 2 aliphatic heterocycles. The van der Waals surface area contributed by atoms with Crippen LogP contribution in [0.5, 0.6) is 0 Å². The molecule has 0 unspecified atom stereocenters. The number of likely N-dealkylation sites (tertiary alicyclic amines) is 1. The third-order valence-electron chi connectivity index (χ3n) is 5.11. The van der Waals surface area contributed by atoms with Gasteiger partial charge in [0.05, 0.1) is 18.7 Å². The van der Waals surface area contributed by atoms with Gasteiger partial charge < -0.3 is 9.64 Å². The van der Waals surface area contributed by atoms with Crippen molar-refractivity contribution in [2.75, 3.05) is 25.1 Å². The van der Waals surface area contributed by atoms with Crippen molar-refractivity contribution in [2.45, 2.75) is 17.7 Å². The van der Waals surface area contributed by atoms with Gasteiger partial charge in [-0.15, -0.1) is 4.40 Å². The first-order chi connectivity index (χ1) is 13.5. The molecular formula is C20H21N3O4S. The van der Waals surface area contributed by atoms with E-state index in [-0.39, 0.29) is 16.8 Å². The van der Waals surface area contributed by atoms with E-state index in [2.05, 4.69) is 4.40 Å². The van der Waals surface area contributed by atoms with Crippen molar-refractivity contribution in [3.63, 3.8) is 0 Å². The molecule has 2 aliphatic rings. The van der Waals surface area contributed by atoms with Crippen LogP contribution in [-0.4, -0.2) is 45.4 Å². The number of piperidine rings is 1. The molecule has 0 aromatic heterocycles. The summed E-state index contributed by atoms with van der Waals surface area (Å²) in [5, 5.41) is 0. The molecular weight excluding hydrogens is 378 g/mol. The lowest BCUT2D eigenvalue weighted by molar-refractivity contribution is -0.146. The lowest BCUT2D eigenvalue weighted by Gasteiger charge is -2.39. The molecule has 0 atom stereocenters. The van der Waals surface area contributed by atoms with Crippen LogP contribution in [-0.2, 0) is 19.6 Å². The maximum absolute atomic E-state index is 12.8. The molecule has 2 aromatic carbocycles.